The van der Waals surface area contributed by atoms with Gasteiger partial charge in [-0.05, 0) is 44.0 Å². The van der Waals surface area contributed by atoms with Crippen LogP contribution in [0.4, 0.5) is 0 Å². The average Bonchev–Trinajstić information content (AvgIpc) is 3.13. The van der Waals surface area contributed by atoms with Crippen molar-refractivity contribution in [1.29, 1.82) is 0 Å². The zero-order valence-corrected chi connectivity index (χ0v) is 15.8. The first-order valence-corrected chi connectivity index (χ1v) is 10.1. The highest BCUT2D eigenvalue weighted by Crippen LogP contribution is 2.27. The van der Waals surface area contributed by atoms with Gasteiger partial charge in [0, 0.05) is 19.8 Å². The van der Waals surface area contributed by atoms with E-state index in [0.29, 0.717) is 25.9 Å². The second-order valence-electron chi connectivity index (χ2n) is 6.60. The van der Waals surface area contributed by atoms with Crippen LogP contribution in [0.25, 0.3) is 0 Å². The standard InChI is InChI=1S/C19H23N3O3S/c1-15-8-10-17(11-9-15)26(24,25)22-13-5-7-18(22)19(23)21(2)14-16-6-3-4-12-20-16/h3-4,6,8-12,18H,5,7,13-14H2,1-2H3/t18-/m0/s1. The Morgan fingerprint density at radius 2 is 1.96 bits per heavy atom. The lowest BCUT2D eigenvalue weighted by atomic mass is 10.2. The van der Waals surface area contributed by atoms with Crippen LogP contribution in [0.5, 0.6) is 0 Å². The second-order valence-corrected chi connectivity index (χ2v) is 8.49. The number of benzene rings is 1. The molecule has 1 aliphatic rings. The van der Waals surface area contributed by atoms with Gasteiger partial charge in [0.2, 0.25) is 15.9 Å². The van der Waals surface area contributed by atoms with E-state index in [-0.39, 0.29) is 10.8 Å². The lowest BCUT2D eigenvalue weighted by Crippen LogP contribution is -2.46. The predicted molar refractivity (Wildman–Crippen MR) is 98.8 cm³/mol. The number of carbonyl (C=O) groups is 1. The van der Waals surface area contributed by atoms with E-state index in [2.05, 4.69) is 4.98 Å². The van der Waals surface area contributed by atoms with Crippen molar-refractivity contribution in [3.05, 3.63) is 59.9 Å². The summed E-state index contributed by atoms with van der Waals surface area (Å²) < 4.78 is 27.3. The second kappa shape index (κ2) is 7.55. The molecule has 0 bridgehead atoms. The van der Waals surface area contributed by atoms with E-state index in [1.54, 1.807) is 42.4 Å². The molecule has 1 amide bonds. The molecular formula is C19H23N3O3S. The number of hydrogen-bond donors (Lipinski definition) is 0. The van der Waals surface area contributed by atoms with Gasteiger partial charge in [0.15, 0.2) is 0 Å². The maximum absolute atomic E-state index is 13.0. The van der Waals surface area contributed by atoms with E-state index in [1.165, 1.54) is 4.31 Å². The maximum atomic E-state index is 13.0. The van der Waals surface area contributed by atoms with Gasteiger partial charge >= 0.3 is 0 Å². The highest BCUT2D eigenvalue weighted by molar-refractivity contribution is 7.89. The Hall–Kier alpha value is -2.25. The zero-order chi connectivity index (χ0) is 18.7. The van der Waals surface area contributed by atoms with Crippen LogP contribution in [0.15, 0.2) is 53.6 Å². The minimum Gasteiger partial charge on any atom is -0.338 e. The lowest BCUT2D eigenvalue weighted by Gasteiger charge is -2.27. The SMILES string of the molecule is Cc1ccc(S(=O)(=O)N2CCC[C@H]2C(=O)N(C)Cc2ccccn2)cc1. The molecule has 0 spiro atoms. The molecule has 0 aliphatic carbocycles. The molecule has 1 atom stereocenters. The monoisotopic (exact) mass is 373 g/mol. The van der Waals surface area contributed by atoms with E-state index in [9.17, 15) is 13.2 Å². The largest absolute Gasteiger partial charge is 0.338 e. The number of aromatic nitrogens is 1. The van der Waals surface area contributed by atoms with Crippen LogP contribution in [0.1, 0.15) is 24.1 Å². The number of carbonyl (C=O) groups excluding carboxylic acids is 1. The molecule has 1 aromatic carbocycles. The molecule has 0 saturated carbocycles. The van der Waals surface area contributed by atoms with Crippen LogP contribution < -0.4 is 0 Å². The van der Waals surface area contributed by atoms with Gasteiger partial charge in [-0.1, -0.05) is 23.8 Å². The molecule has 1 aliphatic heterocycles. The van der Waals surface area contributed by atoms with Crippen molar-refractivity contribution in [3.8, 4) is 0 Å². The average molecular weight is 373 g/mol. The van der Waals surface area contributed by atoms with Crippen molar-refractivity contribution >= 4 is 15.9 Å². The lowest BCUT2D eigenvalue weighted by molar-refractivity contribution is -0.133. The number of rotatable bonds is 5. The fourth-order valence-electron chi connectivity index (χ4n) is 3.19. The van der Waals surface area contributed by atoms with Crippen molar-refractivity contribution < 1.29 is 13.2 Å². The molecule has 0 N–H and O–H groups in total. The summed E-state index contributed by atoms with van der Waals surface area (Å²) in [5, 5.41) is 0. The van der Waals surface area contributed by atoms with Gasteiger partial charge in [-0.15, -0.1) is 0 Å². The highest BCUT2D eigenvalue weighted by Gasteiger charge is 2.40. The van der Waals surface area contributed by atoms with Crippen LogP contribution in [0.3, 0.4) is 0 Å². The summed E-state index contributed by atoms with van der Waals surface area (Å²) >= 11 is 0. The molecule has 3 rings (SSSR count). The van der Waals surface area contributed by atoms with Crippen LogP contribution >= 0.6 is 0 Å². The molecule has 1 aromatic heterocycles. The van der Waals surface area contributed by atoms with Crippen LogP contribution in [-0.2, 0) is 21.4 Å². The summed E-state index contributed by atoms with van der Waals surface area (Å²) in [6, 6.07) is 11.6. The van der Waals surface area contributed by atoms with Gasteiger partial charge in [0.05, 0.1) is 17.1 Å². The summed E-state index contributed by atoms with van der Waals surface area (Å²) in [7, 11) is -2.00. The van der Waals surface area contributed by atoms with Crippen molar-refractivity contribution in [3.63, 3.8) is 0 Å². The Kier molecular flexibility index (Phi) is 5.38. The van der Waals surface area contributed by atoms with Crippen molar-refractivity contribution in [2.24, 2.45) is 0 Å². The van der Waals surface area contributed by atoms with Gasteiger partial charge < -0.3 is 4.90 Å². The molecule has 0 unspecified atom stereocenters. The first-order chi connectivity index (χ1) is 12.4. The first kappa shape index (κ1) is 18.5. The number of likely N-dealkylation sites (N-methyl/N-ethyl adjacent to an activating group) is 1. The summed E-state index contributed by atoms with van der Waals surface area (Å²) in [4.78, 5) is 18.9. The van der Waals surface area contributed by atoms with Gasteiger partial charge in [0.25, 0.3) is 0 Å². The smallest absolute Gasteiger partial charge is 0.243 e. The number of aryl methyl sites for hydroxylation is 1. The Bertz CT molecular complexity index is 867. The summed E-state index contributed by atoms with van der Waals surface area (Å²) in [6.45, 7) is 2.63. The molecule has 7 heteroatoms. The number of amides is 1. The topological polar surface area (TPSA) is 70.6 Å². The Morgan fingerprint density at radius 3 is 2.62 bits per heavy atom. The number of pyridine rings is 1. The molecule has 26 heavy (non-hydrogen) atoms. The molecule has 2 heterocycles. The Labute approximate surface area is 154 Å². The van der Waals surface area contributed by atoms with E-state index >= 15 is 0 Å². The van der Waals surface area contributed by atoms with E-state index < -0.39 is 16.1 Å². The van der Waals surface area contributed by atoms with Crippen LogP contribution in [-0.4, -0.2) is 48.1 Å². The summed E-state index contributed by atoms with van der Waals surface area (Å²) in [5.74, 6) is -0.191. The minimum absolute atomic E-state index is 0.191. The third kappa shape index (κ3) is 3.78. The summed E-state index contributed by atoms with van der Waals surface area (Å²) in [6.07, 6.45) is 2.90. The maximum Gasteiger partial charge on any atom is 0.243 e. The number of hydrogen-bond acceptors (Lipinski definition) is 4. The zero-order valence-electron chi connectivity index (χ0n) is 15.0. The van der Waals surface area contributed by atoms with Gasteiger partial charge in [-0.2, -0.15) is 4.31 Å². The van der Waals surface area contributed by atoms with E-state index in [4.69, 9.17) is 0 Å². The molecular weight excluding hydrogens is 350 g/mol. The Morgan fingerprint density at radius 1 is 1.23 bits per heavy atom. The highest BCUT2D eigenvalue weighted by atomic mass is 32.2. The van der Waals surface area contributed by atoms with Crippen molar-refractivity contribution in [2.45, 2.75) is 37.2 Å². The van der Waals surface area contributed by atoms with E-state index in [0.717, 1.165) is 11.3 Å². The molecule has 138 valence electrons. The fraction of sp³-hybridized carbons (Fsp3) is 0.368. The molecule has 1 saturated heterocycles. The fourth-order valence-corrected chi connectivity index (χ4v) is 4.84. The van der Waals surface area contributed by atoms with Gasteiger partial charge in [0.1, 0.15) is 6.04 Å². The molecule has 2 aromatic rings. The first-order valence-electron chi connectivity index (χ1n) is 8.63. The third-order valence-electron chi connectivity index (χ3n) is 4.62. The van der Waals surface area contributed by atoms with Gasteiger partial charge in [-0.25, -0.2) is 8.42 Å². The molecule has 1 fully saturated rings. The van der Waals surface area contributed by atoms with Crippen molar-refractivity contribution in [1.82, 2.24) is 14.2 Å². The van der Waals surface area contributed by atoms with Crippen LogP contribution in [0.2, 0.25) is 0 Å². The quantitative estimate of drug-likeness (QED) is 0.806. The van der Waals surface area contributed by atoms with Crippen LogP contribution in [0, 0.1) is 6.92 Å². The molecule has 6 nitrogen and oxygen atoms in total. The van der Waals surface area contributed by atoms with E-state index in [1.807, 2.05) is 25.1 Å². The minimum atomic E-state index is -3.69. The van der Waals surface area contributed by atoms with Crippen molar-refractivity contribution in [2.75, 3.05) is 13.6 Å². The third-order valence-corrected chi connectivity index (χ3v) is 6.54. The predicted octanol–water partition coefficient (Wildman–Crippen LogP) is 2.20. The van der Waals surface area contributed by atoms with Gasteiger partial charge in [-0.3, -0.25) is 9.78 Å². The Balaban J connectivity index is 1.78. The number of nitrogens with zero attached hydrogens (tertiary/aromatic N) is 3. The summed E-state index contributed by atoms with van der Waals surface area (Å²) in [5.41, 5.74) is 1.77. The number of sulfonamides is 1. The normalized spacial score (nSPS) is 18.0. The molecule has 0 radical (unpaired) electrons.